The van der Waals surface area contributed by atoms with E-state index >= 15 is 0 Å². The first-order valence-electron chi connectivity index (χ1n) is 4.90. The normalized spacial score (nSPS) is 10.6. The quantitative estimate of drug-likeness (QED) is 0.862. The summed E-state index contributed by atoms with van der Waals surface area (Å²) in [7, 11) is 0. The second-order valence-corrected chi connectivity index (χ2v) is 4.53. The van der Waals surface area contributed by atoms with Crippen molar-refractivity contribution in [1.82, 2.24) is 10.2 Å². The zero-order valence-corrected chi connectivity index (χ0v) is 9.58. The van der Waals surface area contributed by atoms with Gasteiger partial charge in [-0.05, 0) is 37.4 Å². The van der Waals surface area contributed by atoms with E-state index in [1.807, 2.05) is 29.6 Å². The molecule has 4 heteroatoms. The molecule has 0 saturated heterocycles. The van der Waals surface area contributed by atoms with Gasteiger partial charge in [0.15, 0.2) is 0 Å². The predicted octanol–water partition coefficient (Wildman–Crippen LogP) is 3.03. The topological polar surface area (TPSA) is 37.8 Å². The molecule has 2 rings (SSSR count). The van der Waals surface area contributed by atoms with Crippen LogP contribution in [0.2, 0.25) is 0 Å². The molecular formula is C11H13N3S. The minimum atomic E-state index is 0.381. The number of hydrogen-bond donors (Lipinski definition) is 1. The van der Waals surface area contributed by atoms with Crippen molar-refractivity contribution in [1.29, 1.82) is 0 Å². The SMILES string of the molecule is CC(C)Nc1ccc(-c2cccs2)nn1. The molecule has 0 spiro atoms. The van der Waals surface area contributed by atoms with Gasteiger partial charge in [0.05, 0.1) is 4.88 Å². The highest BCUT2D eigenvalue weighted by atomic mass is 32.1. The van der Waals surface area contributed by atoms with Crippen molar-refractivity contribution < 1.29 is 0 Å². The molecule has 15 heavy (non-hydrogen) atoms. The van der Waals surface area contributed by atoms with Crippen molar-refractivity contribution in [2.75, 3.05) is 5.32 Å². The summed E-state index contributed by atoms with van der Waals surface area (Å²) < 4.78 is 0. The Labute approximate surface area is 93.2 Å². The van der Waals surface area contributed by atoms with Gasteiger partial charge in [0.2, 0.25) is 0 Å². The third-order valence-electron chi connectivity index (χ3n) is 1.87. The standard InChI is InChI=1S/C11H13N3S/c1-8(2)12-11-6-5-9(13-14-11)10-4-3-7-15-10/h3-8H,1-2H3,(H,12,14). The van der Waals surface area contributed by atoms with E-state index in [4.69, 9.17) is 0 Å². The molecule has 0 aromatic carbocycles. The lowest BCUT2D eigenvalue weighted by Gasteiger charge is -2.07. The lowest BCUT2D eigenvalue weighted by atomic mass is 10.3. The van der Waals surface area contributed by atoms with E-state index in [1.165, 1.54) is 0 Å². The van der Waals surface area contributed by atoms with Crippen LogP contribution < -0.4 is 5.32 Å². The monoisotopic (exact) mass is 219 g/mol. The first kappa shape index (κ1) is 10.1. The summed E-state index contributed by atoms with van der Waals surface area (Å²) in [5.74, 6) is 0.824. The van der Waals surface area contributed by atoms with Gasteiger partial charge in [0.1, 0.15) is 11.5 Å². The average molecular weight is 219 g/mol. The average Bonchev–Trinajstić information content (AvgIpc) is 2.71. The highest BCUT2D eigenvalue weighted by Crippen LogP contribution is 2.22. The molecule has 2 aromatic heterocycles. The van der Waals surface area contributed by atoms with Crippen LogP contribution in [-0.4, -0.2) is 16.2 Å². The molecule has 0 aliphatic heterocycles. The van der Waals surface area contributed by atoms with E-state index in [1.54, 1.807) is 11.3 Å². The molecule has 78 valence electrons. The molecule has 0 unspecified atom stereocenters. The van der Waals surface area contributed by atoms with Gasteiger partial charge in [0.25, 0.3) is 0 Å². The maximum absolute atomic E-state index is 4.17. The molecule has 0 bridgehead atoms. The number of nitrogens with zero attached hydrogens (tertiary/aromatic N) is 2. The summed E-state index contributed by atoms with van der Waals surface area (Å²) in [5.41, 5.74) is 0.930. The van der Waals surface area contributed by atoms with Crippen molar-refractivity contribution in [3.05, 3.63) is 29.6 Å². The maximum Gasteiger partial charge on any atom is 0.148 e. The van der Waals surface area contributed by atoms with Crippen molar-refractivity contribution in [3.63, 3.8) is 0 Å². The molecule has 0 saturated carbocycles. The molecule has 0 fully saturated rings. The van der Waals surface area contributed by atoms with Crippen LogP contribution >= 0.6 is 11.3 Å². The van der Waals surface area contributed by atoms with E-state index in [2.05, 4.69) is 29.4 Å². The molecular weight excluding hydrogens is 206 g/mol. The van der Waals surface area contributed by atoms with Gasteiger partial charge in [-0.15, -0.1) is 21.5 Å². The van der Waals surface area contributed by atoms with E-state index < -0.39 is 0 Å². The fourth-order valence-corrected chi connectivity index (χ4v) is 1.95. The van der Waals surface area contributed by atoms with Crippen LogP contribution in [0, 0.1) is 0 Å². The summed E-state index contributed by atoms with van der Waals surface area (Å²) in [4.78, 5) is 1.15. The van der Waals surface area contributed by atoms with Crippen LogP contribution in [-0.2, 0) is 0 Å². The van der Waals surface area contributed by atoms with Crippen molar-refractivity contribution in [2.24, 2.45) is 0 Å². The van der Waals surface area contributed by atoms with Gasteiger partial charge in [-0.3, -0.25) is 0 Å². The highest BCUT2D eigenvalue weighted by Gasteiger charge is 2.02. The number of hydrogen-bond acceptors (Lipinski definition) is 4. The third kappa shape index (κ3) is 2.53. The van der Waals surface area contributed by atoms with Crippen molar-refractivity contribution >= 4 is 17.2 Å². The van der Waals surface area contributed by atoms with Gasteiger partial charge in [-0.25, -0.2) is 0 Å². The summed E-state index contributed by atoms with van der Waals surface area (Å²) in [6.07, 6.45) is 0. The number of thiophene rings is 1. The lowest BCUT2D eigenvalue weighted by Crippen LogP contribution is -2.11. The Kier molecular flexibility index (Phi) is 2.97. The van der Waals surface area contributed by atoms with E-state index in [-0.39, 0.29) is 0 Å². The van der Waals surface area contributed by atoms with Gasteiger partial charge < -0.3 is 5.32 Å². The molecule has 0 amide bonds. The van der Waals surface area contributed by atoms with E-state index in [9.17, 15) is 0 Å². The molecule has 3 nitrogen and oxygen atoms in total. The zero-order valence-electron chi connectivity index (χ0n) is 8.77. The predicted molar refractivity (Wildman–Crippen MR) is 64.1 cm³/mol. The largest absolute Gasteiger partial charge is 0.366 e. The first-order valence-corrected chi connectivity index (χ1v) is 5.78. The second-order valence-electron chi connectivity index (χ2n) is 3.58. The number of rotatable bonds is 3. The number of aromatic nitrogens is 2. The van der Waals surface area contributed by atoms with Crippen LogP contribution in [0.1, 0.15) is 13.8 Å². The van der Waals surface area contributed by atoms with Crippen LogP contribution in [0.5, 0.6) is 0 Å². The van der Waals surface area contributed by atoms with Crippen LogP contribution in [0.3, 0.4) is 0 Å². The fourth-order valence-electron chi connectivity index (χ4n) is 1.26. The summed E-state index contributed by atoms with van der Waals surface area (Å²) in [6, 6.07) is 8.39. The molecule has 2 aromatic rings. The Bertz CT molecular complexity index is 406. The minimum absolute atomic E-state index is 0.381. The molecule has 1 N–H and O–H groups in total. The van der Waals surface area contributed by atoms with E-state index in [0.717, 1.165) is 16.4 Å². The summed E-state index contributed by atoms with van der Waals surface area (Å²) in [6.45, 7) is 4.16. The molecule has 0 aliphatic carbocycles. The smallest absolute Gasteiger partial charge is 0.148 e. The second kappa shape index (κ2) is 4.40. The molecule has 0 aliphatic rings. The van der Waals surface area contributed by atoms with Crippen molar-refractivity contribution in [2.45, 2.75) is 19.9 Å². The van der Waals surface area contributed by atoms with Crippen LogP contribution in [0.4, 0.5) is 5.82 Å². The number of anilines is 1. The zero-order chi connectivity index (χ0) is 10.7. The molecule has 0 atom stereocenters. The third-order valence-corrected chi connectivity index (χ3v) is 2.77. The summed E-state index contributed by atoms with van der Waals surface area (Å²) in [5, 5.41) is 13.5. The van der Waals surface area contributed by atoms with Crippen LogP contribution in [0.15, 0.2) is 29.6 Å². The highest BCUT2D eigenvalue weighted by molar-refractivity contribution is 7.13. The lowest BCUT2D eigenvalue weighted by molar-refractivity contribution is 0.875. The van der Waals surface area contributed by atoms with Gasteiger partial charge in [-0.1, -0.05) is 6.07 Å². The van der Waals surface area contributed by atoms with E-state index in [0.29, 0.717) is 6.04 Å². The molecule has 2 heterocycles. The van der Waals surface area contributed by atoms with Gasteiger partial charge in [0, 0.05) is 6.04 Å². The Hall–Kier alpha value is -1.42. The van der Waals surface area contributed by atoms with Crippen LogP contribution in [0.25, 0.3) is 10.6 Å². The Balaban J connectivity index is 2.17. The Morgan fingerprint density at radius 2 is 2.07 bits per heavy atom. The summed E-state index contributed by atoms with van der Waals surface area (Å²) >= 11 is 1.67. The minimum Gasteiger partial charge on any atom is -0.366 e. The van der Waals surface area contributed by atoms with Gasteiger partial charge >= 0.3 is 0 Å². The number of nitrogens with one attached hydrogen (secondary N) is 1. The first-order chi connectivity index (χ1) is 7.25. The fraction of sp³-hybridized carbons (Fsp3) is 0.273. The Morgan fingerprint density at radius 3 is 2.60 bits per heavy atom. The van der Waals surface area contributed by atoms with Gasteiger partial charge in [-0.2, -0.15) is 0 Å². The Morgan fingerprint density at radius 1 is 1.20 bits per heavy atom. The van der Waals surface area contributed by atoms with Crippen molar-refractivity contribution in [3.8, 4) is 10.6 Å². The molecule has 0 radical (unpaired) electrons. The maximum atomic E-state index is 4.17.